The smallest absolute Gasteiger partial charge is 0.276 e. The van der Waals surface area contributed by atoms with Crippen molar-refractivity contribution in [1.82, 2.24) is 10.5 Å². The van der Waals surface area contributed by atoms with E-state index in [1.54, 1.807) is 12.1 Å². The SMILES string of the molecule is CONC(=O)c1ccc(C(=O)c2cc3c(cc2C)C(C)(C)CCC3(C)C)nc1. The second kappa shape index (κ2) is 7.13. The largest absolute Gasteiger partial charge is 0.287 e. The zero-order chi connectivity index (χ0) is 20.7. The van der Waals surface area contributed by atoms with Gasteiger partial charge in [-0.25, -0.2) is 5.48 Å². The summed E-state index contributed by atoms with van der Waals surface area (Å²) in [5.74, 6) is -0.527. The van der Waals surface area contributed by atoms with Crippen molar-refractivity contribution in [3.05, 3.63) is 64.0 Å². The molecule has 28 heavy (non-hydrogen) atoms. The first-order chi connectivity index (χ1) is 13.1. The van der Waals surface area contributed by atoms with Gasteiger partial charge in [0, 0.05) is 11.8 Å². The van der Waals surface area contributed by atoms with Crippen molar-refractivity contribution in [2.45, 2.75) is 58.3 Å². The summed E-state index contributed by atoms with van der Waals surface area (Å²) >= 11 is 0. The third kappa shape index (κ3) is 3.59. The lowest BCUT2D eigenvalue weighted by atomic mass is 9.62. The number of pyridine rings is 1. The Balaban J connectivity index is 2.00. The average Bonchev–Trinajstić information content (AvgIpc) is 2.65. The summed E-state index contributed by atoms with van der Waals surface area (Å²) in [4.78, 5) is 33.8. The maximum atomic E-state index is 13.1. The van der Waals surface area contributed by atoms with E-state index in [1.165, 1.54) is 24.4 Å². The molecule has 0 saturated carbocycles. The quantitative estimate of drug-likeness (QED) is 0.636. The molecule has 0 fully saturated rings. The Kier molecular flexibility index (Phi) is 5.15. The van der Waals surface area contributed by atoms with Gasteiger partial charge in [-0.05, 0) is 65.5 Å². The summed E-state index contributed by atoms with van der Waals surface area (Å²) in [6.45, 7) is 11.0. The number of aryl methyl sites for hydroxylation is 1. The number of fused-ring (bicyclic) bond motifs is 1. The maximum absolute atomic E-state index is 13.1. The van der Waals surface area contributed by atoms with Crippen LogP contribution in [0.1, 0.15) is 83.6 Å². The Bertz CT molecular complexity index is 928. The lowest BCUT2D eigenvalue weighted by molar-refractivity contribution is 0.0537. The molecule has 0 bridgehead atoms. The molecule has 1 aromatic carbocycles. The number of rotatable bonds is 4. The summed E-state index contributed by atoms with van der Waals surface area (Å²) < 4.78 is 0. The summed E-state index contributed by atoms with van der Waals surface area (Å²) in [6, 6.07) is 7.39. The van der Waals surface area contributed by atoms with Crippen LogP contribution in [-0.4, -0.2) is 23.8 Å². The van der Waals surface area contributed by atoms with E-state index in [0.29, 0.717) is 16.8 Å². The van der Waals surface area contributed by atoms with Crippen LogP contribution in [0.4, 0.5) is 0 Å². The number of carbonyl (C=O) groups is 2. The number of carbonyl (C=O) groups excluding carboxylic acids is 2. The molecular weight excluding hydrogens is 352 g/mol. The highest BCUT2D eigenvalue weighted by Gasteiger charge is 2.37. The molecule has 0 aliphatic heterocycles. The van der Waals surface area contributed by atoms with Gasteiger partial charge < -0.3 is 0 Å². The molecule has 1 N–H and O–H groups in total. The first kappa shape index (κ1) is 20.2. The fraction of sp³-hybridized carbons (Fsp3) is 0.435. The molecule has 2 aromatic rings. The highest BCUT2D eigenvalue weighted by molar-refractivity contribution is 6.09. The predicted octanol–water partition coefficient (Wildman–Crippen LogP) is 4.26. The second-order valence-electron chi connectivity index (χ2n) is 8.88. The number of hydrogen-bond acceptors (Lipinski definition) is 4. The average molecular weight is 380 g/mol. The zero-order valence-corrected chi connectivity index (χ0v) is 17.5. The molecule has 0 saturated heterocycles. The highest BCUT2D eigenvalue weighted by atomic mass is 16.6. The van der Waals surface area contributed by atoms with Gasteiger partial charge in [0.2, 0.25) is 5.78 Å². The van der Waals surface area contributed by atoms with Crippen LogP contribution in [0.15, 0.2) is 30.5 Å². The van der Waals surface area contributed by atoms with E-state index < -0.39 is 5.91 Å². The van der Waals surface area contributed by atoms with E-state index in [4.69, 9.17) is 0 Å². The topological polar surface area (TPSA) is 68.3 Å². The molecule has 1 aliphatic rings. The maximum Gasteiger partial charge on any atom is 0.276 e. The van der Waals surface area contributed by atoms with Crippen LogP contribution in [0.25, 0.3) is 0 Å². The van der Waals surface area contributed by atoms with Gasteiger partial charge in [-0.2, -0.15) is 0 Å². The molecule has 1 aromatic heterocycles. The van der Waals surface area contributed by atoms with Crippen LogP contribution in [0.5, 0.6) is 0 Å². The highest BCUT2D eigenvalue weighted by Crippen LogP contribution is 2.46. The van der Waals surface area contributed by atoms with Gasteiger partial charge >= 0.3 is 0 Å². The Hall–Kier alpha value is -2.53. The predicted molar refractivity (Wildman–Crippen MR) is 109 cm³/mol. The van der Waals surface area contributed by atoms with E-state index in [2.05, 4.69) is 55.1 Å². The summed E-state index contributed by atoms with van der Waals surface area (Å²) in [7, 11) is 1.37. The molecule has 1 amide bonds. The Morgan fingerprint density at radius 2 is 1.64 bits per heavy atom. The van der Waals surface area contributed by atoms with E-state index in [0.717, 1.165) is 18.4 Å². The van der Waals surface area contributed by atoms with Gasteiger partial charge in [-0.1, -0.05) is 33.8 Å². The fourth-order valence-electron chi connectivity index (χ4n) is 3.92. The third-order valence-electron chi connectivity index (χ3n) is 5.90. The number of hydrogen-bond donors (Lipinski definition) is 1. The molecule has 0 radical (unpaired) electrons. The van der Waals surface area contributed by atoms with Crippen LogP contribution in [-0.2, 0) is 15.7 Å². The van der Waals surface area contributed by atoms with Crippen LogP contribution in [0, 0.1) is 6.92 Å². The van der Waals surface area contributed by atoms with E-state index in [1.807, 2.05) is 6.92 Å². The minimum atomic E-state index is -0.400. The van der Waals surface area contributed by atoms with Crippen molar-refractivity contribution in [2.24, 2.45) is 0 Å². The lowest BCUT2D eigenvalue weighted by Crippen LogP contribution is -2.34. The molecule has 1 aliphatic carbocycles. The first-order valence-corrected chi connectivity index (χ1v) is 9.56. The van der Waals surface area contributed by atoms with Crippen LogP contribution in [0.3, 0.4) is 0 Å². The molecule has 5 heteroatoms. The molecule has 3 rings (SSSR count). The number of nitrogens with one attached hydrogen (secondary N) is 1. The molecule has 5 nitrogen and oxygen atoms in total. The minimum absolute atomic E-state index is 0.0309. The lowest BCUT2D eigenvalue weighted by Gasteiger charge is -2.42. The van der Waals surface area contributed by atoms with E-state index >= 15 is 0 Å². The van der Waals surface area contributed by atoms with Crippen molar-refractivity contribution in [3.63, 3.8) is 0 Å². The number of aromatic nitrogens is 1. The van der Waals surface area contributed by atoms with Gasteiger partial charge in [0.05, 0.1) is 12.7 Å². The number of nitrogens with zero attached hydrogens (tertiary/aromatic N) is 1. The number of hydroxylamine groups is 1. The molecule has 148 valence electrons. The monoisotopic (exact) mass is 380 g/mol. The number of amides is 1. The van der Waals surface area contributed by atoms with Crippen molar-refractivity contribution in [2.75, 3.05) is 7.11 Å². The van der Waals surface area contributed by atoms with E-state index in [9.17, 15) is 9.59 Å². The van der Waals surface area contributed by atoms with Crippen molar-refractivity contribution < 1.29 is 14.4 Å². The summed E-state index contributed by atoms with van der Waals surface area (Å²) in [5.41, 5.74) is 7.24. The van der Waals surface area contributed by atoms with Crippen molar-refractivity contribution >= 4 is 11.7 Å². The van der Waals surface area contributed by atoms with E-state index in [-0.39, 0.29) is 16.6 Å². The van der Waals surface area contributed by atoms with Crippen molar-refractivity contribution in [1.29, 1.82) is 0 Å². The third-order valence-corrected chi connectivity index (χ3v) is 5.90. The Morgan fingerprint density at radius 3 is 2.18 bits per heavy atom. The van der Waals surface area contributed by atoms with Crippen LogP contribution >= 0.6 is 0 Å². The van der Waals surface area contributed by atoms with Gasteiger partial charge in [0.1, 0.15) is 5.69 Å². The van der Waals surface area contributed by atoms with Gasteiger partial charge in [-0.15, -0.1) is 0 Å². The van der Waals surface area contributed by atoms with Crippen molar-refractivity contribution in [3.8, 4) is 0 Å². The summed E-state index contributed by atoms with van der Waals surface area (Å²) in [5, 5.41) is 0. The normalized spacial score (nSPS) is 16.9. The zero-order valence-electron chi connectivity index (χ0n) is 17.5. The first-order valence-electron chi connectivity index (χ1n) is 9.56. The minimum Gasteiger partial charge on any atom is -0.287 e. The van der Waals surface area contributed by atoms with Gasteiger partial charge in [-0.3, -0.25) is 19.4 Å². The van der Waals surface area contributed by atoms with Crippen LogP contribution < -0.4 is 5.48 Å². The molecule has 0 atom stereocenters. The Morgan fingerprint density at radius 1 is 1.04 bits per heavy atom. The van der Waals surface area contributed by atoms with Crippen LogP contribution in [0.2, 0.25) is 0 Å². The Labute approximate surface area is 166 Å². The fourth-order valence-corrected chi connectivity index (χ4v) is 3.92. The molecule has 0 spiro atoms. The molecule has 0 unspecified atom stereocenters. The molecular formula is C23H28N2O3. The number of ketones is 1. The summed E-state index contributed by atoms with van der Waals surface area (Å²) in [6.07, 6.45) is 3.61. The standard InChI is InChI=1S/C23H28N2O3/c1-14-11-17-18(23(4,5)10-9-22(17,2)3)12-16(14)20(26)19-8-7-15(13-24-19)21(27)25-28-6/h7-8,11-13H,9-10H2,1-6H3,(H,25,27). The van der Waals surface area contributed by atoms with Gasteiger partial charge in [0.25, 0.3) is 5.91 Å². The molecule has 1 heterocycles. The van der Waals surface area contributed by atoms with Gasteiger partial charge in [0.15, 0.2) is 0 Å². The second-order valence-corrected chi connectivity index (χ2v) is 8.88. The number of benzene rings is 1.